The highest BCUT2D eigenvalue weighted by Crippen LogP contribution is 2.83. The number of carboxylic acid groups (broad SMARTS) is 3. The number of hydrogen-bond donors (Lipinski definition) is 3. The zero-order valence-electron chi connectivity index (χ0n) is 97.0. The summed E-state index contributed by atoms with van der Waals surface area (Å²) in [6.07, 6.45) is 46.9. The van der Waals surface area contributed by atoms with E-state index in [1.165, 1.54) is 134 Å². The van der Waals surface area contributed by atoms with Gasteiger partial charge in [-0.1, -0.05) is 179 Å². The number of fused-ring (bicyclic) bond motifs is 28. The summed E-state index contributed by atoms with van der Waals surface area (Å²) in [5.41, 5.74) is 3.70. The number of ketones is 2. The molecular weight excluding hydrogens is 1930 g/mol. The van der Waals surface area contributed by atoms with E-state index >= 15 is 0 Å². The maximum Gasteiger partial charge on any atom is 0.508 e. The lowest BCUT2D eigenvalue weighted by Crippen LogP contribution is -2.67. The third-order valence-corrected chi connectivity index (χ3v) is 54.7. The predicted molar refractivity (Wildman–Crippen MR) is 583 cm³/mol. The fourth-order valence-corrected chi connectivity index (χ4v) is 46.9. The number of allylic oxidation sites excluding steroid dienone is 2. The second kappa shape index (κ2) is 40.6. The number of alkyl halides is 1. The van der Waals surface area contributed by atoms with E-state index in [0.29, 0.717) is 124 Å². The Morgan fingerprint density at radius 1 is 0.409 bits per heavy atom. The second-order valence-corrected chi connectivity index (χ2v) is 60.6. The lowest BCUT2D eigenvalue weighted by Gasteiger charge is -2.73. The van der Waals surface area contributed by atoms with Gasteiger partial charge >= 0.3 is 42.0 Å². The van der Waals surface area contributed by atoms with Crippen LogP contribution in [0, 0.1) is 218 Å². The Morgan fingerprint density at radius 3 is 1.46 bits per heavy atom. The predicted octanol–water partition coefficient (Wildman–Crippen LogP) is 29.9. The molecule has 0 aromatic heterocycles. The first-order chi connectivity index (χ1) is 69.8. The zero-order valence-corrected chi connectivity index (χ0v) is 98.6. The molecule has 2 spiro atoms. The van der Waals surface area contributed by atoms with Gasteiger partial charge in [-0.3, -0.25) is 33.6 Å². The topological polar surface area (TPSA) is 279 Å². The number of Topliss-reactive ketones (excluding diaryl/α,β-unsaturated/α-hetero) is 2. The summed E-state index contributed by atoms with van der Waals surface area (Å²) < 4.78 is 42.0. The summed E-state index contributed by atoms with van der Waals surface area (Å²) in [6.45, 7) is 64.1. The highest BCUT2D eigenvalue weighted by molar-refractivity contribution is 9.10. The molecule has 40 atom stereocenters. The van der Waals surface area contributed by atoms with Gasteiger partial charge in [0.05, 0.1) is 46.5 Å². The number of halogens is 1. The summed E-state index contributed by atoms with van der Waals surface area (Å²) in [7, 11) is 0. The van der Waals surface area contributed by atoms with E-state index in [4.69, 9.17) is 43.4 Å². The lowest BCUT2D eigenvalue weighted by molar-refractivity contribution is -0.251. The van der Waals surface area contributed by atoms with Gasteiger partial charge in [-0.15, -0.1) is 0 Å². The van der Waals surface area contributed by atoms with Crippen LogP contribution in [-0.2, 0) is 71.5 Å². The SMILES string of the molecule is C=C(C)C1CCC2(C(=O)O)CC[C@]3(C)C(CCC4[C@@]5(C)CCC(=O)C(C)(C)C5CC[C@]43C)C12.C=C(C)C1CCC2(COC(=O)OCC(=O)O)CC[C@]3(C)C(CCC4[C@@]5(C)CCC(OC(=O)CCC(=O)O)C(C)(C)C5CC[C@]43C)C12.CC.CC(=O)OC1CCC2(C)C(C1)C(=O)[C@@H](Br)C1C2CCC2(C)C1CC1OC3(CCC(C)CC3)[C@@H](C)C12.CC(=O)OC1CCC2(C)C(CCC3C2CCC2(C)C3CC3OC4(CCC(C)CC4)[C@@H](C)C32)C1. The Kier molecular flexibility index (Phi) is 31.0. The quantitative estimate of drug-likeness (QED) is 0.0668. The van der Waals surface area contributed by atoms with E-state index < -0.39 is 42.1 Å². The highest BCUT2D eigenvalue weighted by atomic mass is 79.9. The molecule has 0 bridgehead atoms. The minimum Gasteiger partial charge on any atom is -0.481 e. The molecule has 2 heterocycles. The van der Waals surface area contributed by atoms with Crippen LogP contribution < -0.4 is 0 Å². The van der Waals surface area contributed by atoms with Gasteiger partial charge in [-0.25, -0.2) is 9.59 Å². The molecule has 19 nitrogen and oxygen atoms in total. The van der Waals surface area contributed by atoms with Crippen molar-refractivity contribution in [3.05, 3.63) is 24.3 Å². The van der Waals surface area contributed by atoms with Crippen LogP contribution >= 0.6 is 15.9 Å². The van der Waals surface area contributed by atoms with Crippen LogP contribution in [0.25, 0.3) is 0 Å². The first-order valence-corrected chi connectivity index (χ1v) is 62.1. The number of ether oxygens (including phenoxy) is 7. The van der Waals surface area contributed by atoms with Gasteiger partial charge in [0, 0.05) is 42.4 Å². The molecule has 22 fully saturated rings. The van der Waals surface area contributed by atoms with Crippen LogP contribution in [0.3, 0.4) is 0 Å². The molecule has 22 aliphatic rings. The van der Waals surface area contributed by atoms with Crippen molar-refractivity contribution in [1.29, 1.82) is 0 Å². The molecule has 838 valence electrons. The van der Waals surface area contributed by atoms with Gasteiger partial charge in [0.2, 0.25) is 0 Å². The minimum absolute atomic E-state index is 0.000782. The molecular formula is C129H201BrO19. The number of hydrogen-bond acceptors (Lipinski definition) is 16. The number of esters is 3. The van der Waals surface area contributed by atoms with Crippen LogP contribution in [0.5, 0.6) is 0 Å². The second-order valence-electron chi connectivity index (χ2n) is 59.6. The monoisotopic (exact) mass is 2130 g/mol. The highest BCUT2D eigenvalue weighted by Gasteiger charge is 2.78. The van der Waals surface area contributed by atoms with Gasteiger partial charge in [-0.2, -0.15) is 0 Å². The molecule has 20 heteroatoms. The Balaban J connectivity index is 0.000000130. The summed E-state index contributed by atoms with van der Waals surface area (Å²) in [5.74, 6) is 11.0. The summed E-state index contributed by atoms with van der Waals surface area (Å²) in [5, 5.41) is 28.4. The van der Waals surface area contributed by atoms with Crippen molar-refractivity contribution >= 4 is 69.5 Å². The molecule has 149 heavy (non-hydrogen) atoms. The number of rotatable bonds is 13. The van der Waals surface area contributed by atoms with E-state index in [9.17, 15) is 48.3 Å². The van der Waals surface area contributed by atoms with Crippen molar-refractivity contribution in [2.24, 2.45) is 218 Å². The third kappa shape index (κ3) is 18.0. The summed E-state index contributed by atoms with van der Waals surface area (Å²) in [4.78, 5) is 110. The van der Waals surface area contributed by atoms with E-state index in [0.717, 1.165) is 195 Å². The van der Waals surface area contributed by atoms with Crippen LogP contribution in [-0.4, -0.2) is 129 Å². The van der Waals surface area contributed by atoms with Crippen molar-refractivity contribution in [3.63, 3.8) is 0 Å². The van der Waals surface area contributed by atoms with Crippen molar-refractivity contribution in [1.82, 2.24) is 0 Å². The Labute approximate surface area is 905 Å². The first-order valence-electron chi connectivity index (χ1n) is 61.2. The van der Waals surface area contributed by atoms with Gasteiger partial charge < -0.3 is 48.5 Å². The molecule has 31 unspecified atom stereocenters. The number of carbonyl (C=O) groups is 9. The Morgan fingerprint density at radius 2 is 0.906 bits per heavy atom. The number of carbonyl (C=O) groups excluding carboxylic acids is 6. The molecule has 0 radical (unpaired) electrons. The zero-order chi connectivity index (χ0) is 108. The van der Waals surface area contributed by atoms with Crippen molar-refractivity contribution < 1.29 is 91.6 Å². The third-order valence-electron chi connectivity index (χ3n) is 53.7. The molecule has 0 amide bonds. The van der Waals surface area contributed by atoms with Gasteiger partial charge in [-0.05, 0) is 467 Å². The van der Waals surface area contributed by atoms with E-state index in [1.807, 2.05) is 13.8 Å². The van der Waals surface area contributed by atoms with Gasteiger partial charge in [0.15, 0.2) is 12.4 Å². The largest absolute Gasteiger partial charge is 0.508 e. The Hall–Kier alpha value is -4.69. The maximum absolute atomic E-state index is 13.9. The van der Waals surface area contributed by atoms with Gasteiger partial charge in [0.1, 0.15) is 30.7 Å². The molecule has 20 saturated carbocycles. The fraction of sp³-hybridized carbons (Fsp3) is 0.899. The summed E-state index contributed by atoms with van der Waals surface area (Å²) in [6, 6.07) is 0. The van der Waals surface area contributed by atoms with Gasteiger partial charge in [0.25, 0.3) is 0 Å². The van der Waals surface area contributed by atoms with E-state index in [2.05, 4.69) is 168 Å². The number of carboxylic acids is 3. The van der Waals surface area contributed by atoms with Crippen LogP contribution in [0.15, 0.2) is 24.3 Å². The minimum atomic E-state index is -1.20. The molecule has 2 saturated heterocycles. The van der Waals surface area contributed by atoms with Crippen LogP contribution in [0.1, 0.15) is 449 Å². The van der Waals surface area contributed by atoms with Crippen molar-refractivity contribution in [3.8, 4) is 0 Å². The smallest absolute Gasteiger partial charge is 0.481 e. The Bertz CT molecular complexity index is 5050. The fourth-order valence-electron chi connectivity index (χ4n) is 45.9. The maximum atomic E-state index is 13.9. The van der Waals surface area contributed by atoms with Crippen LogP contribution in [0.2, 0.25) is 0 Å². The number of aliphatic carboxylic acids is 3. The molecule has 0 aromatic rings. The molecule has 3 N–H and O–H groups in total. The average molecular weight is 2140 g/mol. The normalized spacial score (nSPS) is 51.0. The van der Waals surface area contributed by atoms with Crippen molar-refractivity contribution in [2.75, 3.05) is 13.2 Å². The van der Waals surface area contributed by atoms with Crippen molar-refractivity contribution in [2.45, 2.75) is 495 Å². The summed E-state index contributed by atoms with van der Waals surface area (Å²) >= 11 is 3.99. The average Bonchev–Trinajstić information content (AvgIpc) is 1.65. The standard InChI is InChI=1S/C37H56O9.C30H45BrO4.C30H48O3.C30H46O3.C2H6/c1-22(2)23-12-17-37(21-45-32(43)44-20-29(40)41)19-18-35(6)24(31(23)37)8-9-26-34(5)15-14-27(46-30(42)11-10-28(38)39)33(3,4)25(34)13-16-36(26,35)7;1-16-6-12-30(13-7-16)17(2)25-23(35-30)15-21-24-20(9-11-29(21,25)5)28(4)10-8-19(34-18(3)32)14-22(28)27(33)26(24)31;1-18-8-14-30(15-9-18)19(2)27-26(33-30)17-25-23-7-6-21-16-22(32-20(3)31)10-12-28(21,4)24(23)11-13-29(25,27)5;1-18(2)19-10-15-30(25(32)33)17-16-28(6)20(24(19)30)8-9-22-27(5)13-12-23(31)26(3,4)21(27)11-14-29(22,28)7;1-2/h23-27,31H,1,8-21H2,2-7H3,(H,38,39)(H,40,41);16-17,19-26H,6-15H2,1-5H3;18-19,21-27H,6-17H2,1-5H3;19-22,24H,1,8-17H2,2-7H3,(H,32,33);1-2H3/t23?,24?,25?,26?,27?,31?,34-,35+,36+,37?;16?,17-,19?,20?,21?,22?,23?,24?,25?,26-,28?,29?,30?;18?,19-,21?,22?,23?,24?,25?,26?,27?,28?,29?,30?;19?,20?,21?,22?,24?,27-,28+,29+,30?;/m0000./s1. The lowest BCUT2D eigenvalue weighted by atomic mass is 9.32. The molecule has 20 aliphatic carbocycles. The molecule has 22 rings (SSSR count). The van der Waals surface area contributed by atoms with Crippen LogP contribution in [0.4, 0.5) is 4.79 Å². The van der Waals surface area contributed by atoms with E-state index in [1.54, 1.807) is 6.92 Å². The molecule has 0 aromatic carbocycles. The van der Waals surface area contributed by atoms with E-state index in [-0.39, 0.29) is 137 Å². The molecule has 2 aliphatic heterocycles. The first kappa shape index (κ1) is 114.